The molecule has 0 bridgehead atoms. The molecule has 92 valence electrons. The summed E-state index contributed by atoms with van der Waals surface area (Å²) in [6.45, 7) is 5.87. The molecule has 3 heteroatoms. The summed E-state index contributed by atoms with van der Waals surface area (Å²) in [6, 6.07) is 8.29. The van der Waals surface area contributed by atoms with Gasteiger partial charge in [0, 0.05) is 23.0 Å². The van der Waals surface area contributed by atoms with E-state index in [0.717, 1.165) is 23.9 Å². The highest BCUT2D eigenvalue weighted by molar-refractivity contribution is 9.10. The molecule has 0 unspecified atom stereocenters. The van der Waals surface area contributed by atoms with Crippen molar-refractivity contribution in [1.82, 2.24) is 4.90 Å². The van der Waals surface area contributed by atoms with Gasteiger partial charge in [-0.05, 0) is 38.0 Å². The number of hydrogen-bond acceptors (Lipinski definition) is 2. The lowest BCUT2D eigenvalue weighted by atomic mass is 9.89. The number of piperidine rings is 1. The Morgan fingerprint density at radius 1 is 1.41 bits per heavy atom. The summed E-state index contributed by atoms with van der Waals surface area (Å²) in [5, 5.41) is 0. The van der Waals surface area contributed by atoms with Crippen LogP contribution < -0.4 is 0 Å². The number of carbonyl (C=O) groups excluding carboxylic acids is 1. The number of nitrogens with zero attached hydrogens (tertiary/aromatic N) is 1. The topological polar surface area (TPSA) is 20.3 Å². The summed E-state index contributed by atoms with van der Waals surface area (Å²) in [7, 11) is 0. The van der Waals surface area contributed by atoms with Crippen LogP contribution in [0.4, 0.5) is 0 Å². The number of carbonyl (C=O) groups is 1. The lowest BCUT2D eigenvalue weighted by Gasteiger charge is -2.41. The fourth-order valence-electron chi connectivity index (χ4n) is 2.24. The smallest absolute Gasteiger partial charge is 0.146 e. The van der Waals surface area contributed by atoms with Gasteiger partial charge in [-0.3, -0.25) is 9.69 Å². The number of hydrogen-bond donors (Lipinski definition) is 0. The van der Waals surface area contributed by atoms with E-state index in [9.17, 15) is 4.79 Å². The maximum atomic E-state index is 11.6. The molecule has 1 aliphatic heterocycles. The molecule has 1 aliphatic rings. The third kappa shape index (κ3) is 3.17. The second-order valence-corrected chi connectivity index (χ2v) is 6.25. The number of benzene rings is 1. The predicted molar refractivity (Wildman–Crippen MR) is 72.9 cm³/mol. The molecular formula is C14H18BrNO. The molecule has 2 rings (SSSR count). The SMILES string of the molecule is CC1(C)CCC(=O)CN1Cc1cccc(Br)c1. The van der Waals surface area contributed by atoms with Crippen LogP contribution in [0.5, 0.6) is 0 Å². The van der Waals surface area contributed by atoms with Crippen LogP contribution in [-0.4, -0.2) is 22.8 Å². The van der Waals surface area contributed by atoms with Crippen molar-refractivity contribution in [2.45, 2.75) is 38.8 Å². The quantitative estimate of drug-likeness (QED) is 0.833. The Morgan fingerprint density at radius 2 is 2.18 bits per heavy atom. The third-order valence-electron chi connectivity index (χ3n) is 3.50. The average molecular weight is 296 g/mol. The summed E-state index contributed by atoms with van der Waals surface area (Å²) in [4.78, 5) is 13.8. The zero-order valence-electron chi connectivity index (χ0n) is 10.4. The summed E-state index contributed by atoms with van der Waals surface area (Å²) in [5.41, 5.74) is 1.37. The Kier molecular flexibility index (Phi) is 3.69. The van der Waals surface area contributed by atoms with Gasteiger partial charge in [0.2, 0.25) is 0 Å². The second kappa shape index (κ2) is 4.91. The number of halogens is 1. The van der Waals surface area contributed by atoms with E-state index in [-0.39, 0.29) is 5.54 Å². The molecule has 0 aromatic heterocycles. The highest BCUT2D eigenvalue weighted by Crippen LogP contribution is 2.27. The Morgan fingerprint density at radius 3 is 2.88 bits per heavy atom. The van der Waals surface area contributed by atoms with E-state index in [4.69, 9.17) is 0 Å². The Labute approximate surface area is 111 Å². The number of likely N-dealkylation sites (tertiary alicyclic amines) is 1. The highest BCUT2D eigenvalue weighted by Gasteiger charge is 2.32. The van der Waals surface area contributed by atoms with Gasteiger partial charge in [0.15, 0.2) is 0 Å². The van der Waals surface area contributed by atoms with E-state index < -0.39 is 0 Å². The zero-order chi connectivity index (χ0) is 12.5. The predicted octanol–water partition coefficient (Wildman–Crippen LogP) is 3.39. The van der Waals surface area contributed by atoms with Crippen LogP contribution in [-0.2, 0) is 11.3 Å². The van der Waals surface area contributed by atoms with Crippen molar-refractivity contribution in [2.75, 3.05) is 6.54 Å². The Hall–Kier alpha value is -0.670. The van der Waals surface area contributed by atoms with E-state index in [2.05, 4.69) is 46.8 Å². The molecule has 1 heterocycles. The molecule has 1 aromatic carbocycles. The van der Waals surface area contributed by atoms with Crippen LogP contribution in [0.1, 0.15) is 32.3 Å². The molecule has 0 N–H and O–H groups in total. The van der Waals surface area contributed by atoms with Crippen LogP contribution in [0, 0.1) is 0 Å². The van der Waals surface area contributed by atoms with Gasteiger partial charge in [-0.25, -0.2) is 0 Å². The Balaban J connectivity index is 2.13. The standard InChI is InChI=1S/C14H18BrNO/c1-14(2)7-6-13(17)10-16(14)9-11-4-3-5-12(15)8-11/h3-5,8H,6-7,9-10H2,1-2H3. The number of ketones is 1. The molecular weight excluding hydrogens is 278 g/mol. The fourth-order valence-corrected chi connectivity index (χ4v) is 2.68. The van der Waals surface area contributed by atoms with Gasteiger partial charge >= 0.3 is 0 Å². The zero-order valence-corrected chi connectivity index (χ0v) is 12.0. The van der Waals surface area contributed by atoms with Gasteiger partial charge in [0.1, 0.15) is 5.78 Å². The first-order valence-electron chi connectivity index (χ1n) is 5.98. The van der Waals surface area contributed by atoms with Crippen molar-refractivity contribution in [1.29, 1.82) is 0 Å². The third-order valence-corrected chi connectivity index (χ3v) is 3.99. The Bertz CT molecular complexity index is 428. The van der Waals surface area contributed by atoms with Gasteiger partial charge in [-0.2, -0.15) is 0 Å². The summed E-state index contributed by atoms with van der Waals surface area (Å²) >= 11 is 3.48. The maximum Gasteiger partial charge on any atom is 0.146 e. The van der Waals surface area contributed by atoms with E-state index in [1.54, 1.807) is 0 Å². The van der Waals surface area contributed by atoms with Gasteiger partial charge in [-0.1, -0.05) is 28.1 Å². The maximum absolute atomic E-state index is 11.6. The molecule has 17 heavy (non-hydrogen) atoms. The molecule has 0 atom stereocenters. The highest BCUT2D eigenvalue weighted by atomic mass is 79.9. The molecule has 2 nitrogen and oxygen atoms in total. The molecule has 1 saturated heterocycles. The van der Waals surface area contributed by atoms with Crippen LogP contribution in [0.25, 0.3) is 0 Å². The van der Waals surface area contributed by atoms with Gasteiger partial charge in [0.25, 0.3) is 0 Å². The minimum absolute atomic E-state index is 0.121. The van der Waals surface area contributed by atoms with Gasteiger partial charge < -0.3 is 0 Å². The fraction of sp³-hybridized carbons (Fsp3) is 0.500. The van der Waals surface area contributed by atoms with Crippen LogP contribution >= 0.6 is 15.9 Å². The molecule has 1 fully saturated rings. The minimum Gasteiger partial charge on any atom is -0.298 e. The van der Waals surface area contributed by atoms with Crippen LogP contribution in [0.2, 0.25) is 0 Å². The normalized spacial score (nSPS) is 20.5. The first-order chi connectivity index (χ1) is 7.97. The van der Waals surface area contributed by atoms with Crippen molar-refractivity contribution >= 4 is 21.7 Å². The average Bonchev–Trinajstić information content (AvgIpc) is 2.24. The van der Waals surface area contributed by atoms with Gasteiger partial charge in [0.05, 0.1) is 6.54 Å². The summed E-state index contributed by atoms with van der Waals surface area (Å²) in [5.74, 6) is 0.360. The van der Waals surface area contributed by atoms with E-state index in [1.807, 2.05) is 12.1 Å². The first-order valence-corrected chi connectivity index (χ1v) is 6.78. The largest absolute Gasteiger partial charge is 0.298 e. The molecule has 0 amide bonds. The van der Waals surface area contributed by atoms with Crippen LogP contribution in [0.3, 0.4) is 0 Å². The van der Waals surface area contributed by atoms with Crippen molar-refractivity contribution in [3.05, 3.63) is 34.3 Å². The van der Waals surface area contributed by atoms with Gasteiger partial charge in [-0.15, -0.1) is 0 Å². The monoisotopic (exact) mass is 295 g/mol. The van der Waals surface area contributed by atoms with Crippen molar-refractivity contribution in [3.8, 4) is 0 Å². The van der Waals surface area contributed by atoms with Crippen molar-refractivity contribution in [2.24, 2.45) is 0 Å². The van der Waals surface area contributed by atoms with Crippen molar-refractivity contribution in [3.63, 3.8) is 0 Å². The number of rotatable bonds is 2. The van der Waals surface area contributed by atoms with E-state index >= 15 is 0 Å². The molecule has 0 saturated carbocycles. The first kappa shape index (κ1) is 12.8. The minimum atomic E-state index is 0.121. The van der Waals surface area contributed by atoms with Crippen molar-refractivity contribution < 1.29 is 4.79 Å². The lowest BCUT2D eigenvalue weighted by Crippen LogP contribution is -2.50. The van der Waals surface area contributed by atoms with E-state index in [0.29, 0.717) is 12.3 Å². The molecule has 1 aromatic rings. The lowest BCUT2D eigenvalue weighted by molar-refractivity contribution is -0.126. The van der Waals surface area contributed by atoms with Crippen LogP contribution in [0.15, 0.2) is 28.7 Å². The summed E-state index contributed by atoms with van der Waals surface area (Å²) in [6.07, 6.45) is 1.68. The molecule has 0 radical (unpaired) electrons. The molecule has 0 spiro atoms. The van der Waals surface area contributed by atoms with E-state index in [1.165, 1.54) is 5.56 Å². The second-order valence-electron chi connectivity index (χ2n) is 5.34. The molecule has 0 aliphatic carbocycles. The number of Topliss-reactive ketones (excluding diaryl/α,β-unsaturated/α-hetero) is 1. The summed E-state index contributed by atoms with van der Waals surface area (Å²) < 4.78 is 1.09.